The van der Waals surface area contributed by atoms with E-state index in [1.54, 1.807) is 0 Å². The molecule has 1 aromatic carbocycles. The zero-order valence-electron chi connectivity index (χ0n) is 14.3. The minimum absolute atomic E-state index is 0.0923. The van der Waals surface area contributed by atoms with Crippen molar-refractivity contribution in [3.05, 3.63) is 35.0 Å². The van der Waals surface area contributed by atoms with Crippen LogP contribution in [0.5, 0.6) is 0 Å². The van der Waals surface area contributed by atoms with Crippen LogP contribution in [0, 0.1) is 6.92 Å². The Morgan fingerprint density at radius 3 is 2.64 bits per heavy atom. The number of anilines is 1. The van der Waals surface area contributed by atoms with Gasteiger partial charge in [0.05, 0.1) is 16.8 Å². The molecule has 1 fully saturated rings. The Morgan fingerprint density at radius 2 is 1.88 bits per heavy atom. The van der Waals surface area contributed by atoms with E-state index in [0.717, 1.165) is 64.5 Å². The molecule has 25 heavy (non-hydrogen) atoms. The molecular weight excluding hydrogens is 354 g/mol. The second-order valence-corrected chi connectivity index (χ2v) is 7.94. The van der Waals surface area contributed by atoms with Crippen LogP contribution in [0.15, 0.2) is 24.4 Å². The van der Waals surface area contributed by atoms with Gasteiger partial charge in [-0.05, 0) is 32.3 Å². The molecule has 4 rings (SSSR count). The molecule has 0 saturated carbocycles. The van der Waals surface area contributed by atoms with Crippen molar-refractivity contribution < 1.29 is 0 Å². The maximum atomic E-state index is 6.52. The average molecular weight is 374 g/mol. The lowest BCUT2D eigenvalue weighted by atomic mass is 9.91. The number of nitrogens with two attached hydrogens (primary N) is 1. The van der Waals surface area contributed by atoms with Gasteiger partial charge < -0.3 is 10.6 Å². The number of nitrogens with zero attached hydrogens (tertiary/aromatic N) is 4. The quantitative estimate of drug-likeness (QED) is 0.734. The van der Waals surface area contributed by atoms with Gasteiger partial charge in [0.25, 0.3) is 0 Å². The summed E-state index contributed by atoms with van der Waals surface area (Å²) in [5, 5.41) is 0.739. The number of rotatable bonds is 2. The van der Waals surface area contributed by atoms with Gasteiger partial charge in [0, 0.05) is 36.0 Å². The van der Waals surface area contributed by atoms with Crippen molar-refractivity contribution in [1.29, 1.82) is 0 Å². The SMILES string of the molecule is Cc1cccc(-c2cnc(N3CCC(C)(N)CC3)c3nsnc23)c1Cl. The number of aryl methyl sites for hydroxylation is 1. The second-order valence-electron chi connectivity index (χ2n) is 7.03. The van der Waals surface area contributed by atoms with Crippen LogP contribution in [-0.4, -0.2) is 32.4 Å². The maximum Gasteiger partial charge on any atom is 0.157 e. The molecule has 0 aliphatic carbocycles. The summed E-state index contributed by atoms with van der Waals surface area (Å²) >= 11 is 7.73. The largest absolute Gasteiger partial charge is 0.355 e. The smallest absolute Gasteiger partial charge is 0.157 e. The first kappa shape index (κ1) is 16.7. The molecule has 1 aliphatic heterocycles. The third-order valence-corrected chi connectivity index (χ3v) is 5.99. The van der Waals surface area contributed by atoms with Crippen LogP contribution in [0.25, 0.3) is 22.2 Å². The molecule has 0 spiro atoms. The van der Waals surface area contributed by atoms with Crippen LogP contribution in [0.3, 0.4) is 0 Å². The van der Waals surface area contributed by atoms with Gasteiger partial charge in [-0.3, -0.25) is 0 Å². The first-order valence-electron chi connectivity index (χ1n) is 8.37. The number of fused-ring (bicyclic) bond motifs is 1. The van der Waals surface area contributed by atoms with Gasteiger partial charge in [-0.1, -0.05) is 29.8 Å². The minimum Gasteiger partial charge on any atom is -0.355 e. The van der Waals surface area contributed by atoms with Crippen LogP contribution in [0.4, 0.5) is 5.82 Å². The molecule has 3 aromatic rings. The summed E-state index contributed by atoms with van der Waals surface area (Å²) in [6.07, 6.45) is 3.76. The van der Waals surface area contributed by atoms with E-state index in [4.69, 9.17) is 22.3 Å². The highest BCUT2D eigenvalue weighted by Crippen LogP contribution is 2.37. The number of piperidine rings is 1. The molecule has 130 valence electrons. The molecule has 7 heteroatoms. The number of hydrogen-bond acceptors (Lipinski definition) is 6. The van der Waals surface area contributed by atoms with Crippen LogP contribution in [0.2, 0.25) is 5.02 Å². The molecule has 0 unspecified atom stereocenters. The molecule has 3 heterocycles. The van der Waals surface area contributed by atoms with E-state index in [1.165, 1.54) is 11.7 Å². The number of pyridine rings is 1. The van der Waals surface area contributed by atoms with E-state index in [-0.39, 0.29) is 5.54 Å². The van der Waals surface area contributed by atoms with Crippen molar-refractivity contribution in [2.24, 2.45) is 5.73 Å². The highest BCUT2D eigenvalue weighted by molar-refractivity contribution is 7.00. The summed E-state index contributed by atoms with van der Waals surface area (Å²) < 4.78 is 9.05. The van der Waals surface area contributed by atoms with Crippen molar-refractivity contribution in [3.63, 3.8) is 0 Å². The molecule has 0 bridgehead atoms. The lowest BCUT2D eigenvalue weighted by molar-refractivity contribution is 0.363. The van der Waals surface area contributed by atoms with Gasteiger partial charge in [0.15, 0.2) is 5.82 Å². The Labute approximate surface area is 156 Å². The monoisotopic (exact) mass is 373 g/mol. The highest BCUT2D eigenvalue weighted by Gasteiger charge is 2.28. The van der Waals surface area contributed by atoms with E-state index in [1.807, 2.05) is 31.3 Å². The van der Waals surface area contributed by atoms with Gasteiger partial charge >= 0.3 is 0 Å². The number of hydrogen-bond donors (Lipinski definition) is 1. The Bertz CT molecular complexity index is 926. The fraction of sp³-hybridized carbons (Fsp3) is 0.389. The Hall–Kier alpha value is -1.76. The molecule has 0 amide bonds. The highest BCUT2D eigenvalue weighted by atomic mass is 35.5. The van der Waals surface area contributed by atoms with Crippen LogP contribution < -0.4 is 10.6 Å². The van der Waals surface area contributed by atoms with Crippen molar-refractivity contribution >= 4 is 40.2 Å². The summed E-state index contributed by atoms with van der Waals surface area (Å²) in [4.78, 5) is 6.99. The number of halogens is 1. The summed E-state index contributed by atoms with van der Waals surface area (Å²) in [6, 6.07) is 6.01. The first-order valence-corrected chi connectivity index (χ1v) is 9.48. The predicted molar refractivity (Wildman–Crippen MR) is 104 cm³/mol. The fourth-order valence-corrected chi connectivity index (χ4v) is 4.06. The van der Waals surface area contributed by atoms with Crippen molar-refractivity contribution in [2.45, 2.75) is 32.2 Å². The molecule has 5 nitrogen and oxygen atoms in total. The van der Waals surface area contributed by atoms with Gasteiger partial charge in [0.1, 0.15) is 11.0 Å². The molecule has 0 atom stereocenters. The lowest BCUT2D eigenvalue weighted by Crippen LogP contribution is -2.48. The first-order chi connectivity index (χ1) is 12.0. The van der Waals surface area contributed by atoms with E-state index in [2.05, 4.69) is 20.6 Å². The number of benzene rings is 1. The van der Waals surface area contributed by atoms with Crippen molar-refractivity contribution in [2.75, 3.05) is 18.0 Å². The third-order valence-electron chi connectivity index (χ3n) is 4.96. The van der Waals surface area contributed by atoms with Gasteiger partial charge in [-0.15, -0.1) is 0 Å². The molecule has 2 aromatic heterocycles. The molecular formula is C18H20ClN5S. The minimum atomic E-state index is -0.0923. The summed E-state index contributed by atoms with van der Waals surface area (Å²) in [5.74, 6) is 0.895. The normalized spacial score (nSPS) is 17.2. The van der Waals surface area contributed by atoms with E-state index in [9.17, 15) is 0 Å². The lowest BCUT2D eigenvalue weighted by Gasteiger charge is -2.37. The van der Waals surface area contributed by atoms with E-state index < -0.39 is 0 Å². The van der Waals surface area contributed by atoms with Gasteiger partial charge in [-0.25, -0.2) is 4.98 Å². The summed E-state index contributed by atoms with van der Waals surface area (Å²) in [5.41, 5.74) is 10.8. The zero-order chi connectivity index (χ0) is 17.6. The predicted octanol–water partition coefficient (Wildman–Crippen LogP) is 4.03. The number of aromatic nitrogens is 3. The van der Waals surface area contributed by atoms with Crippen molar-refractivity contribution in [3.8, 4) is 11.1 Å². The summed E-state index contributed by atoms with van der Waals surface area (Å²) in [7, 11) is 0. The van der Waals surface area contributed by atoms with E-state index >= 15 is 0 Å². The molecule has 0 radical (unpaired) electrons. The standard InChI is InChI=1S/C18H20ClN5S/c1-11-4-3-5-12(14(11)19)13-10-21-17(16-15(13)22-25-23-16)24-8-6-18(2,20)7-9-24/h3-5,10H,6-9,20H2,1-2H3. The van der Waals surface area contributed by atoms with Crippen LogP contribution in [-0.2, 0) is 0 Å². The third kappa shape index (κ3) is 2.99. The Kier molecular flexibility index (Phi) is 4.14. The van der Waals surface area contributed by atoms with E-state index in [0.29, 0.717) is 0 Å². The summed E-state index contributed by atoms with van der Waals surface area (Å²) in [6.45, 7) is 5.89. The van der Waals surface area contributed by atoms with Gasteiger partial charge in [-0.2, -0.15) is 8.75 Å². The topological polar surface area (TPSA) is 67.9 Å². The molecule has 1 aliphatic rings. The molecule has 1 saturated heterocycles. The Balaban J connectivity index is 1.79. The zero-order valence-corrected chi connectivity index (χ0v) is 15.9. The van der Waals surface area contributed by atoms with Crippen molar-refractivity contribution in [1.82, 2.24) is 13.7 Å². The second kappa shape index (κ2) is 6.20. The Morgan fingerprint density at radius 1 is 1.16 bits per heavy atom. The maximum absolute atomic E-state index is 6.52. The van der Waals surface area contributed by atoms with Crippen LogP contribution in [0.1, 0.15) is 25.3 Å². The fourth-order valence-electron chi connectivity index (χ4n) is 3.27. The van der Waals surface area contributed by atoms with Crippen LogP contribution >= 0.6 is 23.3 Å². The average Bonchev–Trinajstić information content (AvgIpc) is 3.07. The molecule has 2 N–H and O–H groups in total. The van der Waals surface area contributed by atoms with Gasteiger partial charge in [0.2, 0.25) is 0 Å².